The Bertz CT molecular complexity index is 243. The molecule has 2 nitrogen and oxygen atoms in total. The van der Waals surface area contributed by atoms with E-state index in [1.807, 2.05) is 0 Å². The van der Waals surface area contributed by atoms with Gasteiger partial charge in [-0.25, -0.2) is 0 Å². The fourth-order valence-electron chi connectivity index (χ4n) is 1.22. The zero-order chi connectivity index (χ0) is 9.90. The maximum Gasteiger partial charge on any atom is 0.0640 e. The van der Waals surface area contributed by atoms with Crippen LogP contribution in [0.4, 0.5) is 0 Å². The Morgan fingerprint density at radius 1 is 1.62 bits per heavy atom. The Labute approximate surface area is 83.7 Å². The van der Waals surface area contributed by atoms with Crippen molar-refractivity contribution in [3.63, 3.8) is 0 Å². The number of ether oxygens (including phenoxy) is 1. The van der Waals surface area contributed by atoms with E-state index in [0.717, 1.165) is 6.42 Å². The minimum Gasteiger partial charge on any atom is -0.379 e. The van der Waals surface area contributed by atoms with Gasteiger partial charge in [0.15, 0.2) is 0 Å². The van der Waals surface area contributed by atoms with Crippen LogP contribution in [0.2, 0.25) is 0 Å². The summed E-state index contributed by atoms with van der Waals surface area (Å²) in [7, 11) is 1.72. The van der Waals surface area contributed by atoms with E-state index >= 15 is 0 Å². The number of nitrogens with two attached hydrogens (primary N) is 1. The van der Waals surface area contributed by atoms with Gasteiger partial charge in [0, 0.05) is 13.2 Å². The SMILES string of the molecule is COC(C)(C)CC(N)c1ccsc1. The number of hydrogen-bond donors (Lipinski definition) is 1. The maximum absolute atomic E-state index is 6.03. The van der Waals surface area contributed by atoms with Gasteiger partial charge in [-0.1, -0.05) is 0 Å². The second-order valence-electron chi connectivity index (χ2n) is 3.83. The molecule has 0 spiro atoms. The summed E-state index contributed by atoms with van der Waals surface area (Å²) in [5.41, 5.74) is 7.09. The second-order valence-corrected chi connectivity index (χ2v) is 4.61. The molecule has 0 aliphatic carbocycles. The molecule has 1 heterocycles. The zero-order valence-corrected chi connectivity index (χ0v) is 9.23. The summed E-state index contributed by atoms with van der Waals surface area (Å²) in [4.78, 5) is 0. The lowest BCUT2D eigenvalue weighted by Gasteiger charge is -2.26. The molecule has 74 valence electrons. The number of rotatable bonds is 4. The summed E-state index contributed by atoms with van der Waals surface area (Å²) >= 11 is 1.68. The summed E-state index contributed by atoms with van der Waals surface area (Å²) in [6.07, 6.45) is 0.847. The van der Waals surface area contributed by atoms with Gasteiger partial charge < -0.3 is 10.5 Å². The molecule has 0 radical (unpaired) electrons. The van der Waals surface area contributed by atoms with E-state index < -0.39 is 0 Å². The molecule has 0 saturated heterocycles. The summed E-state index contributed by atoms with van der Waals surface area (Å²) in [6.45, 7) is 4.11. The van der Waals surface area contributed by atoms with E-state index in [0.29, 0.717) is 0 Å². The summed E-state index contributed by atoms with van der Waals surface area (Å²) in [6, 6.07) is 2.15. The first-order valence-electron chi connectivity index (χ1n) is 4.38. The first kappa shape index (κ1) is 10.7. The molecule has 0 amide bonds. The van der Waals surface area contributed by atoms with E-state index in [1.54, 1.807) is 18.4 Å². The van der Waals surface area contributed by atoms with Crippen LogP contribution in [0, 0.1) is 0 Å². The lowest BCUT2D eigenvalue weighted by Crippen LogP contribution is -2.28. The van der Waals surface area contributed by atoms with E-state index in [4.69, 9.17) is 10.5 Å². The first-order valence-corrected chi connectivity index (χ1v) is 5.32. The van der Waals surface area contributed by atoms with Crippen molar-refractivity contribution < 1.29 is 4.74 Å². The van der Waals surface area contributed by atoms with E-state index in [-0.39, 0.29) is 11.6 Å². The highest BCUT2D eigenvalue weighted by atomic mass is 32.1. The molecular formula is C10H17NOS. The maximum atomic E-state index is 6.03. The summed E-state index contributed by atoms with van der Waals surface area (Å²) < 4.78 is 5.33. The van der Waals surface area contributed by atoms with Crippen molar-refractivity contribution in [2.75, 3.05) is 7.11 Å². The molecule has 2 N–H and O–H groups in total. The number of thiophene rings is 1. The number of methoxy groups -OCH3 is 1. The van der Waals surface area contributed by atoms with Gasteiger partial charge in [0.1, 0.15) is 0 Å². The molecule has 0 aliphatic rings. The monoisotopic (exact) mass is 199 g/mol. The molecule has 0 aliphatic heterocycles. The lowest BCUT2D eigenvalue weighted by atomic mass is 9.96. The van der Waals surface area contributed by atoms with Gasteiger partial charge in [-0.3, -0.25) is 0 Å². The molecule has 13 heavy (non-hydrogen) atoms. The van der Waals surface area contributed by atoms with Crippen molar-refractivity contribution in [1.82, 2.24) is 0 Å². The molecule has 0 aromatic carbocycles. The van der Waals surface area contributed by atoms with E-state index in [2.05, 4.69) is 30.7 Å². The molecule has 1 unspecified atom stereocenters. The minimum absolute atomic E-state index is 0.0844. The molecule has 0 bridgehead atoms. The highest BCUT2D eigenvalue weighted by molar-refractivity contribution is 7.07. The first-order chi connectivity index (χ1) is 6.05. The van der Waals surface area contributed by atoms with Crippen LogP contribution >= 0.6 is 11.3 Å². The van der Waals surface area contributed by atoms with Crippen molar-refractivity contribution in [3.05, 3.63) is 22.4 Å². The van der Waals surface area contributed by atoms with Crippen molar-refractivity contribution >= 4 is 11.3 Å². The van der Waals surface area contributed by atoms with E-state index in [9.17, 15) is 0 Å². The van der Waals surface area contributed by atoms with Crippen molar-refractivity contribution in [3.8, 4) is 0 Å². The number of hydrogen-bond acceptors (Lipinski definition) is 3. The third kappa shape index (κ3) is 3.10. The molecule has 1 aromatic heterocycles. The zero-order valence-electron chi connectivity index (χ0n) is 8.41. The Kier molecular flexibility index (Phi) is 3.47. The average molecular weight is 199 g/mol. The topological polar surface area (TPSA) is 35.2 Å². The highest BCUT2D eigenvalue weighted by Crippen LogP contribution is 2.25. The normalized spacial score (nSPS) is 14.5. The van der Waals surface area contributed by atoms with Crippen LogP contribution in [-0.4, -0.2) is 12.7 Å². The smallest absolute Gasteiger partial charge is 0.0640 e. The quantitative estimate of drug-likeness (QED) is 0.809. The van der Waals surface area contributed by atoms with Crippen LogP contribution in [0.5, 0.6) is 0 Å². The van der Waals surface area contributed by atoms with E-state index in [1.165, 1.54) is 5.56 Å². The molecule has 1 aromatic rings. The molecule has 0 saturated carbocycles. The van der Waals surface area contributed by atoms with Gasteiger partial charge in [-0.05, 0) is 42.7 Å². The van der Waals surface area contributed by atoms with Gasteiger partial charge >= 0.3 is 0 Å². The van der Waals surface area contributed by atoms with Crippen LogP contribution in [0.3, 0.4) is 0 Å². The molecule has 1 rings (SSSR count). The van der Waals surface area contributed by atoms with Crippen molar-refractivity contribution in [1.29, 1.82) is 0 Å². The largest absolute Gasteiger partial charge is 0.379 e. The third-order valence-corrected chi connectivity index (χ3v) is 2.94. The van der Waals surface area contributed by atoms with Gasteiger partial charge in [0.25, 0.3) is 0 Å². The Hall–Kier alpha value is -0.380. The predicted molar refractivity (Wildman–Crippen MR) is 57.0 cm³/mol. The molecule has 0 fully saturated rings. The highest BCUT2D eigenvalue weighted by Gasteiger charge is 2.21. The Morgan fingerprint density at radius 2 is 2.31 bits per heavy atom. The second kappa shape index (κ2) is 4.22. The molecular weight excluding hydrogens is 182 g/mol. The van der Waals surface area contributed by atoms with Gasteiger partial charge in [-0.15, -0.1) is 0 Å². The fraction of sp³-hybridized carbons (Fsp3) is 0.600. The average Bonchev–Trinajstić information content (AvgIpc) is 2.55. The minimum atomic E-state index is -0.138. The molecule has 1 atom stereocenters. The fourth-order valence-corrected chi connectivity index (χ4v) is 1.94. The van der Waals surface area contributed by atoms with Gasteiger partial charge in [-0.2, -0.15) is 11.3 Å². The van der Waals surface area contributed by atoms with Crippen molar-refractivity contribution in [2.24, 2.45) is 5.73 Å². The third-order valence-electron chi connectivity index (χ3n) is 2.24. The lowest BCUT2D eigenvalue weighted by molar-refractivity contribution is 0.00998. The van der Waals surface area contributed by atoms with Gasteiger partial charge in [0.2, 0.25) is 0 Å². The predicted octanol–water partition coefficient (Wildman–Crippen LogP) is 2.56. The van der Waals surface area contributed by atoms with Crippen molar-refractivity contribution in [2.45, 2.75) is 31.9 Å². The van der Waals surface area contributed by atoms with Crippen LogP contribution < -0.4 is 5.73 Å². The summed E-state index contributed by atoms with van der Waals surface area (Å²) in [5.74, 6) is 0. The van der Waals surface area contributed by atoms with Crippen LogP contribution in [0.25, 0.3) is 0 Å². The standard InChI is InChI=1S/C10H17NOS/c1-10(2,12-3)6-9(11)8-4-5-13-7-8/h4-5,7,9H,6,11H2,1-3H3. The van der Waals surface area contributed by atoms with Crippen LogP contribution in [0.1, 0.15) is 31.9 Å². The Balaban J connectivity index is 2.56. The Morgan fingerprint density at radius 3 is 2.77 bits per heavy atom. The molecule has 3 heteroatoms. The van der Waals surface area contributed by atoms with Crippen LogP contribution in [0.15, 0.2) is 16.8 Å². The van der Waals surface area contributed by atoms with Gasteiger partial charge in [0.05, 0.1) is 5.60 Å². The van der Waals surface area contributed by atoms with Crippen LogP contribution in [-0.2, 0) is 4.74 Å². The summed E-state index contributed by atoms with van der Waals surface area (Å²) in [5, 5.41) is 4.14.